The number of methoxy groups -OCH3 is 3. The smallest absolute Gasteiger partial charge is 0.343 e. The van der Waals surface area contributed by atoms with Crippen LogP contribution in [0.5, 0.6) is 17.2 Å². The Morgan fingerprint density at radius 2 is 1.82 bits per heavy atom. The van der Waals surface area contributed by atoms with Gasteiger partial charge in [0.2, 0.25) is 5.82 Å². The lowest BCUT2D eigenvalue weighted by molar-refractivity contribution is -0.142. The van der Waals surface area contributed by atoms with E-state index in [0.717, 1.165) is 5.39 Å². The van der Waals surface area contributed by atoms with Crippen LogP contribution in [0.4, 0.5) is 0 Å². The Bertz CT molecular complexity index is 1790. The molecule has 5 rings (SSSR count). The molecule has 0 unspecified atom stereocenters. The molecule has 0 aliphatic carbocycles. The highest BCUT2D eigenvalue weighted by molar-refractivity contribution is 9.10. The van der Waals surface area contributed by atoms with E-state index >= 15 is 0 Å². The van der Waals surface area contributed by atoms with Crippen LogP contribution in [0.15, 0.2) is 79.4 Å². The molecule has 0 fully saturated rings. The van der Waals surface area contributed by atoms with Crippen LogP contribution >= 0.6 is 15.9 Å². The summed E-state index contributed by atoms with van der Waals surface area (Å²) in [6, 6.07) is 17.6. The SMILES string of the molecule is COC(=O)COc1c(Br)cc(C=Nn2c(-c3cc4c(OC)cccc4o3)nc3ccccc3c2=O)cc1OC. The molecule has 0 N–H and O–H groups in total. The van der Waals surface area contributed by atoms with Crippen molar-refractivity contribution < 1.29 is 28.2 Å². The predicted molar refractivity (Wildman–Crippen MR) is 149 cm³/mol. The van der Waals surface area contributed by atoms with Crippen molar-refractivity contribution in [2.75, 3.05) is 27.9 Å². The molecule has 0 atom stereocenters. The minimum absolute atomic E-state index is 0.220. The van der Waals surface area contributed by atoms with E-state index in [1.807, 2.05) is 18.2 Å². The first kappa shape index (κ1) is 26.0. The zero-order valence-corrected chi connectivity index (χ0v) is 22.7. The molecule has 0 radical (unpaired) electrons. The van der Waals surface area contributed by atoms with Crippen LogP contribution in [0.2, 0.25) is 0 Å². The first-order valence-electron chi connectivity index (χ1n) is 11.6. The fraction of sp³-hybridized carbons (Fsp3) is 0.143. The number of benzene rings is 3. The number of aromatic nitrogens is 2. The van der Waals surface area contributed by atoms with E-state index in [0.29, 0.717) is 49.5 Å². The summed E-state index contributed by atoms with van der Waals surface area (Å²) in [6.45, 7) is -0.289. The van der Waals surface area contributed by atoms with Gasteiger partial charge in [0.25, 0.3) is 5.56 Å². The number of fused-ring (bicyclic) bond motifs is 2. The van der Waals surface area contributed by atoms with Crippen LogP contribution in [0.1, 0.15) is 5.56 Å². The molecule has 10 nitrogen and oxygen atoms in total. The van der Waals surface area contributed by atoms with E-state index < -0.39 is 5.97 Å². The molecule has 0 aliphatic heterocycles. The zero-order chi connectivity index (χ0) is 27.5. The molecule has 5 aromatic rings. The summed E-state index contributed by atoms with van der Waals surface area (Å²) in [5.74, 6) is 1.34. The molecule has 2 aromatic heterocycles. The van der Waals surface area contributed by atoms with Crippen molar-refractivity contribution >= 4 is 50.0 Å². The highest BCUT2D eigenvalue weighted by Crippen LogP contribution is 2.36. The average molecular weight is 592 g/mol. The van der Waals surface area contributed by atoms with E-state index in [-0.39, 0.29) is 18.0 Å². The molecule has 0 saturated carbocycles. The Morgan fingerprint density at radius 1 is 1.03 bits per heavy atom. The lowest BCUT2D eigenvalue weighted by atomic mass is 10.2. The van der Waals surface area contributed by atoms with Gasteiger partial charge in [-0.1, -0.05) is 18.2 Å². The second-order valence-electron chi connectivity index (χ2n) is 8.20. The van der Waals surface area contributed by atoms with Crippen LogP contribution in [0, 0.1) is 0 Å². The lowest BCUT2D eigenvalue weighted by Crippen LogP contribution is -2.20. The van der Waals surface area contributed by atoms with Crippen molar-refractivity contribution in [1.82, 2.24) is 9.66 Å². The Balaban J connectivity index is 1.62. The maximum atomic E-state index is 13.5. The Morgan fingerprint density at radius 3 is 2.59 bits per heavy atom. The maximum absolute atomic E-state index is 13.5. The summed E-state index contributed by atoms with van der Waals surface area (Å²) in [4.78, 5) is 29.8. The minimum Gasteiger partial charge on any atom is -0.496 e. The second-order valence-corrected chi connectivity index (χ2v) is 9.05. The minimum atomic E-state index is -0.534. The van der Waals surface area contributed by atoms with Gasteiger partial charge in [0.15, 0.2) is 23.9 Å². The maximum Gasteiger partial charge on any atom is 0.343 e. The number of carbonyl (C=O) groups excluding carboxylic acids is 1. The third kappa shape index (κ3) is 5.08. The van der Waals surface area contributed by atoms with Gasteiger partial charge in [-0.3, -0.25) is 4.79 Å². The van der Waals surface area contributed by atoms with Crippen LogP contribution in [0.3, 0.4) is 0 Å². The third-order valence-corrected chi connectivity index (χ3v) is 6.44. The predicted octanol–water partition coefficient (Wildman–Crippen LogP) is 5.02. The molecule has 2 heterocycles. The van der Waals surface area contributed by atoms with Crippen LogP contribution in [0.25, 0.3) is 33.5 Å². The molecule has 3 aromatic carbocycles. The van der Waals surface area contributed by atoms with Gasteiger partial charge in [0.05, 0.1) is 48.3 Å². The lowest BCUT2D eigenvalue weighted by Gasteiger charge is -2.12. The third-order valence-electron chi connectivity index (χ3n) is 5.85. The van der Waals surface area contributed by atoms with E-state index in [4.69, 9.17) is 23.6 Å². The largest absolute Gasteiger partial charge is 0.496 e. The fourth-order valence-corrected chi connectivity index (χ4v) is 4.56. The van der Waals surface area contributed by atoms with Gasteiger partial charge in [0, 0.05) is 0 Å². The quantitative estimate of drug-likeness (QED) is 0.182. The number of ether oxygens (including phenoxy) is 4. The summed E-state index contributed by atoms with van der Waals surface area (Å²) >= 11 is 3.44. The zero-order valence-electron chi connectivity index (χ0n) is 21.1. The number of nitrogens with zero attached hydrogens (tertiary/aromatic N) is 3. The van der Waals surface area contributed by atoms with Crippen molar-refractivity contribution in [2.24, 2.45) is 5.10 Å². The normalized spacial score (nSPS) is 11.3. The number of furan rings is 1. The fourth-order valence-electron chi connectivity index (χ4n) is 3.98. The highest BCUT2D eigenvalue weighted by Gasteiger charge is 2.18. The first-order chi connectivity index (χ1) is 18.9. The van der Waals surface area contributed by atoms with Gasteiger partial charge >= 0.3 is 5.97 Å². The van der Waals surface area contributed by atoms with Gasteiger partial charge in [-0.15, -0.1) is 0 Å². The van der Waals surface area contributed by atoms with Gasteiger partial charge < -0.3 is 23.4 Å². The van der Waals surface area contributed by atoms with Crippen molar-refractivity contribution in [1.29, 1.82) is 0 Å². The number of para-hydroxylation sites is 1. The molecular weight excluding hydrogens is 570 g/mol. The standard InChI is InChI=1S/C28H22BrN3O7/c1-35-21-9-6-10-22-18(21)13-24(39-22)27-31-20-8-5-4-7-17(20)28(34)32(27)30-14-16-11-19(29)26(23(12-16)36-2)38-15-25(33)37-3/h4-14H,15H2,1-3H3. The monoisotopic (exact) mass is 591 g/mol. The van der Waals surface area contributed by atoms with Crippen molar-refractivity contribution in [3.05, 3.63) is 81.1 Å². The van der Waals surface area contributed by atoms with Gasteiger partial charge in [-0.25, -0.2) is 9.78 Å². The molecule has 198 valence electrons. The number of hydrogen-bond donors (Lipinski definition) is 0. The highest BCUT2D eigenvalue weighted by atomic mass is 79.9. The van der Waals surface area contributed by atoms with Crippen molar-refractivity contribution in [2.45, 2.75) is 0 Å². The van der Waals surface area contributed by atoms with Crippen LogP contribution in [-0.2, 0) is 9.53 Å². The second kappa shape index (κ2) is 11.0. The Kier molecular flexibility index (Phi) is 7.33. The summed E-state index contributed by atoms with van der Waals surface area (Å²) in [6.07, 6.45) is 1.49. The molecule has 0 bridgehead atoms. The van der Waals surface area contributed by atoms with Crippen molar-refractivity contribution in [3.63, 3.8) is 0 Å². The number of rotatable bonds is 8. The first-order valence-corrected chi connectivity index (χ1v) is 12.4. The number of esters is 1. The van der Waals surface area contributed by atoms with E-state index in [1.54, 1.807) is 49.6 Å². The summed E-state index contributed by atoms with van der Waals surface area (Å²) in [5, 5.41) is 5.62. The van der Waals surface area contributed by atoms with E-state index in [2.05, 4.69) is 25.8 Å². The van der Waals surface area contributed by atoms with Crippen LogP contribution in [-0.4, -0.2) is 49.8 Å². The molecule has 0 amide bonds. The molecule has 11 heteroatoms. The van der Waals surface area contributed by atoms with E-state index in [1.165, 1.54) is 25.1 Å². The van der Waals surface area contributed by atoms with Crippen molar-refractivity contribution in [3.8, 4) is 28.8 Å². The molecule has 0 aliphatic rings. The van der Waals surface area contributed by atoms with E-state index in [9.17, 15) is 9.59 Å². The molecule has 0 spiro atoms. The van der Waals surface area contributed by atoms with Crippen LogP contribution < -0.4 is 19.8 Å². The Hall–Kier alpha value is -4.64. The summed E-state index contributed by atoms with van der Waals surface area (Å²) < 4.78 is 28.8. The number of halogens is 1. The van der Waals surface area contributed by atoms with Gasteiger partial charge in [0.1, 0.15) is 11.3 Å². The number of hydrogen-bond acceptors (Lipinski definition) is 9. The molecule has 0 saturated heterocycles. The average Bonchev–Trinajstić information content (AvgIpc) is 3.40. The number of carbonyl (C=O) groups is 1. The summed E-state index contributed by atoms with van der Waals surface area (Å²) in [5.41, 5.74) is 1.30. The van der Waals surface area contributed by atoms with Gasteiger partial charge in [-0.05, 0) is 64.0 Å². The Labute approximate surface area is 230 Å². The molecule has 39 heavy (non-hydrogen) atoms. The van der Waals surface area contributed by atoms with Gasteiger partial charge in [-0.2, -0.15) is 9.78 Å². The topological polar surface area (TPSA) is 114 Å². The summed E-state index contributed by atoms with van der Waals surface area (Å²) in [7, 11) is 4.32. The molecular formula is C28H22BrN3O7.